The molecule has 4 rings (SSSR count). The molecular formula is C17H17N5OS. The molecule has 1 aliphatic rings. The molecule has 3 aromatic rings. The van der Waals surface area contributed by atoms with Crippen molar-refractivity contribution in [2.45, 2.75) is 25.4 Å². The molecular weight excluding hydrogens is 322 g/mol. The largest absolute Gasteiger partial charge is 0.347 e. The summed E-state index contributed by atoms with van der Waals surface area (Å²) < 4.78 is 2.11. The summed E-state index contributed by atoms with van der Waals surface area (Å²) in [4.78, 5) is 21.0. The van der Waals surface area contributed by atoms with Gasteiger partial charge in [0.2, 0.25) is 0 Å². The number of rotatable bonds is 4. The number of carbonyl (C=O) groups excluding carboxylic acids is 1. The zero-order chi connectivity index (χ0) is 16.4. The first kappa shape index (κ1) is 14.9. The molecule has 6 nitrogen and oxygen atoms in total. The number of nitrogens with one attached hydrogen (secondary N) is 2. The van der Waals surface area contributed by atoms with E-state index in [9.17, 15) is 4.79 Å². The van der Waals surface area contributed by atoms with E-state index in [2.05, 4.69) is 25.2 Å². The van der Waals surface area contributed by atoms with Gasteiger partial charge in [0.05, 0.1) is 0 Å². The van der Waals surface area contributed by atoms with Gasteiger partial charge < -0.3 is 15.2 Å². The number of carbonyl (C=O) groups is 1. The SMILES string of the molecule is O=C(NC1CCc2nccn2C1)c1cccc(Nc2nccs2)c1. The molecule has 0 spiro atoms. The molecule has 2 aromatic heterocycles. The third kappa shape index (κ3) is 3.16. The van der Waals surface area contributed by atoms with Crippen molar-refractivity contribution in [3.63, 3.8) is 0 Å². The minimum absolute atomic E-state index is 0.0497. The molecule has 7 heteroatoms. The molecule has 24 heavy (non-hydrogen) atoms. The average Bonchev–Trinajstić information content (AvgIpc) is 3.26. The molecule has 0 aliphatic carbocycles. The van der Waals surface area contributed by atoms with Gasteiger partial charge in [0.15, 0.2) is 5.13 Å². The zero-order valence-corrected chi connectivity index (χ0v) is 13.8. The Morgan fingerprint density at radius 2 is 2.25 bits per heavy atom. The van der Waals surface area contributed by atoms with E-state index in [4.69, 9.17) is 0 Å². The molecule has 1 atom stereocenters. The highest BCUT2D eigenvalue weighted by Crippen LogP contribution is 2.20. The lowest BCUT2D eigenvalue weighted by molar-refractivity contribution is 0.0927. The molecule has 0 bridgehead atoms. The van der Waals surface area contributed by atoms with Crippen molar-refractivity contribution in [2.75, 3.05) is 5.32 Å². The van der Waals surface area contributed by atoms with Gasteiger partial charge in [-0.05, 0) is 24.6 Å². The average molecular weight is 339 g/mol. The molecule has 1 aromatic carbocycles. The third-order valence-electron chi connectivity index (χ3n) is 4.08. The first-order chi connectivity index (χ1) is 11.8. The smallest absolute Gasteiger partial charge is 0.251 e. The lowest BCUT2D eigenvalue weighted by Gasteiger charge is -2.24. The molecule has 0 saturated heterocycles. The highest BCUT2D eigenvalue weighted by atomic mass is 32.1. The van der Waals surface area contributed by atoms with Crippen molar-refractivity contribution in [1.82, 2.24) is 19.9 Å². The van der Waals surface area contributed by atoms with E-state index in [-0.39, 0.29) is 11.9 Å². The van der Waals surface area contributed by atoms with Crippen LogP contribution in [0, 0.1) is 0 Å². The number of aromatic nitrogens is 3. The summed E-state index contributed by atoms with van der Waals surface area (Å²) in [5.74, 6) is 1.04. The van der Waals surface area contributed by atoms with Crippen LogP contribution in [0.1, 0.15) is 22.6 Å². The van der Waals surface area contributed by atoms with E-state index >= 15 is 0 Å². The van der Waals surface area contributed by atoms with Gasteiger partial charge in [0.25, 0.3) is 5.91 Å². The van der Waals surface area contributed by atoms with Crippen LogP contribution in [-0.4, -0.2) is 26.5 Å². The van der Waals surface area contributed by atoms with E-state index in [1.54, 1.807) is 6.20 Å². The quantitative estimate of drug-likeness (QED) is 0.767. The molecule has 1 unspecified atom stereocenters. The van der Waals surface area contributed by atoms with Crippen molar-refractivity contribution >= 4 is 28.1 Å². The Balaban J connectivity index is 1.43. The van der Waals surface area contributed by atoms with Crippen LogP contribution in [0.15, 0.2) is 48.2 Å². The number of hydrogen-bond acceptors (Lipinski definition) is 5. The van der Waals surface area contributed by atoms with Gasteiger partial charge in [-0.25, -0.2) is 9.97 Å². The second-order valence-electron chi connectivity index (χ2n) is 5.75. The van der Waals surface area contributed by atoms with E-state index in [1.165, 1.54) is 11.3 Å². The van der Waals surface area contributed by atoms with Crippen LogP contribution in [0.3, 0.4) is 0 Å². The van der Waals surface area contributed by atoms with Crippen LogP contribution in [0.5, 0.6) is 0 Å². The van der Waals surface area contributed by atoms with Crippen LogP contribution < -0.4 is 10.6 Å². The fourth-order valence-electron chi connectivity index (χ4n) is 2.90. The van der Waals surface area contributed by atoms with Gasteiger partial charge in [-0.15, -0.1) is 11.3 Å². The maximum atomic E-state index is 12.5. The number of fused-ring (bicyclic) bond motifs is 1. The summed E-state index contributed by atoms with van der Waals surface area (Å²) in [5.41, 5.74) is 1.51. The standard InChI is InChI=1S/C17H17N5OS/c23-16(20-14-4-5-15-18-6-8-22(15)11-14)12-2-1-3-13(10-12)21-17-19-7-9-24-17/h1-3,6-10,14H,4-5,11H2,(H,19,21)(H,20,23). The van der Waals surface area contributed by atoms with Crippen LogP contribution >= 0.6 is 11.3 Å². The fourth-order valence-corrected chi connectivity index (χ4v) is 3.45. The normalized spacial score (nSPS) is 16.4. The highest BCUT2D eigenvalue weighted by Gasteiger charge is 2.20. The fraction of sp³-hybridized carbons (Fsp3) is 0.235. The minimum Gasteiger partial charge on any atom is -0.347 e. The first-order valence-electron chi connectivity index (χ1n) is 7.85. The van der Waals surface area contributed by atoms with E-state index in [0.29, 0.717) is 5.56 Å². The molecule has 1 aliphatic heterocycles. The minimum atomic E-state index is -0.0497. The van der Waals surface area contributed by atoms with Crippen LogP contribution in [-0.2, 0) is 13.0 Å². The van der Waals surface area contributed by atoms with Crippen LogP contribution in [0.4, 0.5) is 10.8 Å². The number of anilines is 2. The Morgan fingerprint density at radius 1 is 1.29 bits per heavy atom. The molecule has 3 heterocycles. The Hall–Kier alpha value is -2.67. The maximum absolute atomic E-state index is 12.5. The van der Waals surface area contributed by atoms with E-state index in [0.717, 1.165) is 36.0 Å². The predicted molar refractivity (Wildman–Crippen MR) is 93.6 cm³/mol. The Bertz CT molecular complexity index is 842. The summed E-state index contributed by atoms with van der Waals surface area (Å²) in [6.45, 7) is 0.776. The summed E-state index contributed by atoms with van der Waals surface area (Å²) >= 11 is 1.52. The number of imidazole rings is 1. The van der Waals surface area contributed by atoms with Crippen molar-refractivity contribution in [3.8, 4) is 0 Å². The number of aryl methyl sites for hydroxylation is 1. The van der Waals surface area contributed by atoms with Crippen molar-refractivity contribution in [1.29, 1.82) is 0 Å². The van der Waals surface area contributed by atoms with Crippen molar-refractivity contribution in [3.05, 3.63) is 59.6 Å². The summed E-state index contributed by atoms with van der Waals surface area (Å²) in [7, 11) is 0. The van der Waals surface area contributed by atoms with Crippen LogP contribution in [0.25, 0.3) is 0 Å². The Morgan fingerprint density at radius 3 is 3.12 bits per heavy atom. The molecule has 0 radical (unpaired) electrons. The van der Waals surface area contributed by atoms with Gasteiger partial charge in [-0.2, -0.15) is 0 Å². The van der Waals surface area contributed by atoms with E-state index < -0.39 is 0 Å². The lowest BCUT2D eigenvalue weighted by Crippen LogP contribution is -2.40. The molecule has 122 valence electrons. The van der Waals surface area contributed by atoms with Crippen LogP contribution in [0.2, 0.25) is 0 Å². The Kier molecular flexibility index (Phi) is 4.00. The van der Waals surface area contributed by atoms with Gasteiger partial charge in [-0.1, -0.05) is 6.07 Å². The topological polar surface area (TPSA) is 71.8 Å². The zero-order valence-electron chi connectivity index (χ0n) is 13.0. The summed E-state index contributed by atoms with van der Waals surface area (Å²) in [6.07, 6.45) is 7.33. The highest BCUT2D eigenvalue weighted by molar-refractivity contribution is 7.13. The maximum Gasteiger partial charge on any atom is 0.251 e. The number of amides is 1. The molecule has 2 N–H and O–H groups in total. The number of hydrogen-bond donors (Lipinski definition) is 2. The summed E-state index contributed by atoms with van der Waals surface area (Å²) in [6, 6.07) is 7.61. The second-order valence-corrected chi connectivity index (χ2v) is 6.64. The molecule has 1 amide bonds. The van der Waals surface area contributed by atoms with Gasteiger partial charge in [0.1, 0.15) is 5.82 Å². The predicted octanol–water partition coefficient (Wildman–Crippen LogP) is 2.83. The Labute approximate surface area is 143 Å². The lowest BCUT2D eigenvalue weighted by atomic mass is 10.1. The van der Waals surface area contributed by atoms with Gasteiger partial charge in [0, 0.05) is 54.2 Å². The second kappa shape index (κ2) is 6.45. The number of nitrogens with zero attached hydrogens (tertiary/aromatic N) is 3. The monoisotopic (exact) mass is 339 g/mol. The van der Waals surface area contributed by atoms with Crippen molar-refractivity contribution in [2.24, 2.45) is 0 Å². The first-order valence-corrected chi connectivity index (χ1v) is 8.73. The van der Waals surface area contributed by atoms with Crippen molar-refractivity contribution < 1.29 is 4.79 Å². The van der Waals surface area contributed by atoms with Gasteiger partial charge in [-0.3, -0.25) is 4.79 Å². The molecule has 0 fully saturated rings. The van der Waals surface area contributed by atoms with E-state index in [1.807, 2.05) is 42.0 Å². The third-order valence-corrected chi connectivity index (χ3v) is 4.77. The molecule has 0 saturated carbocycles. The number of benzene rings is 1. The van der Waals surface area contributed by atoms with Gasteiger partial charge >= 0.3 is 0 Å². The number of thiazole rings is 1. The summed E-state index contributed by atoms with van der Waals surface area (Å²) in [5, 5.41) is 9.05.